The number of hydrogen-bond donors (Lipinski definition) is 3. The van der Waals surface area contributed by atoms with E-state index in [1.807, 2.05) is 62.6 Å². The normalized spacial score (nSPS) is 19.4. The summed E-state index contributed by atoms with van der Waals surface area (Å²) < 4.78 is 4.39. The van der Waals surface area contributed by atoms with Gasteiger partial charge in [0.15, 0.2) is 5.82 Å². The fourth-order valence-corrected chi connectivity index (χ4v) is 5.64. The van der Waals surface area contributed by atoms with Crippen molar-refractivity contribution >= 4 is 33.9 Å². The number of carbonyl (C=O) groups is 2. The Labute approximate surface area is 239 Å². The van der Waals surface area contributed by atoms with Gasteiger partial charge in [0, 0.05) is 68.5 Å². The lowest BCUT2D eigenvalue weighted by molar-refractivity contribution is -0.117. The highest BCUT2D eigenvalue weighted by molar-refractivity contribution is 5.98. The van der Waals surface area contributed by atoms with Crippen molar-refractivity contribution in [1.82, 2.24) is 40.0 Å². The summed E-state index contributed by atoms with van der Waals surface area (Å²) in [6.07, 6.45) is 8.43. The molecule has 4 heterocycles. The molecule has 4 aromatic rings. The Balaban J connectivity index is 1.17. The van der Waals surface area contributed by atoms with Crippen LogP contribution in [0, 0.1) is 5.92 Å². The van der Waals surface area contributed by atoms with E-state index in [1.54, 1.807) is 6.08 Å². The second-order valence-electron chi connectivity index (χ2n) is 11.6. The quantitative estimate of drug-likeness (QED) is 0.275. The molecule has 0 spiro atoms. The molecule has 0 bridgehead atoms. The summed E-state index contributed by atoms with van der Waals surface area (Å²) in [5.74, 6) is 1.30. The summed E-state index contributed by atoms with van der Waals surface area (Å²) >= 11 is 0. The summed E-state index contributed by atoms with van der Waals surface area (Å²) in [7, 11) is 5.94. The molecule has 1 saturated heterocycles. The highest BCUT2D eigenvalue weighted by Gasteiger charge is 2.27. The van der Waals surface area contributed by atoms with Crippen LogP contribution in [0.3, 0.4) is 0 Å². The van der Waals surface area contributed by atoms with Crippen LogP contribution in [0.2, 0.25) is 0 Å². The number of rotatable bonds is 9. The molecule has 2 aliphatic rings. The Kier molecular flexibility index (Phi) is 7.59. The van der Waals surface area contributed by atoms with Gasteiger partial charge >= 0.3 is 0 Å². The molecule has 214 valence electrons. The van der Waals surface area contributed by atoms with Gasteiger partial charge in [-0.3, -0.25) is 9.59 Å². The molecule has 3 aromatic heterocycles. The third-order valence-electron chi connectivity index (χ3n) is 7.94. The summed E-state index contributed by atoms with van der Waals surface area (Å²) in [6.45, 7) is 2.98. The maximum Gasteiger partial charge on any atom is 0.251 e. The van der Waals surface area contributed by atoms with Crippen LogP contribution in [-0.4, -0.2) is 81.6 Å². The molecule has 1 aliphatic heterocycles. The van der Waals surface area contributed by atoms with Gasteiger partial charge in [-0.2, -0.15) is 0 Å². The summed E-state index contributed by atoms with van der Waals surface area (Å²) in [6, 6.07) is 11.8. The van der Waals surface area contributed by atoms with Gasteiger partial charge in [0.1, 0.15) is 5.65 Å². The average molecular weight is 555 g/mol. The first kappa shape index (κ1) is 27.2. The monoisotopic (exact) mass is 554 g/mol. The molecule has 2 atom stereocenters. The molecular weight excluding hydrogens is 516 g/mol. The van der Waals surface area contributed by atoms with Crippen LogP contribution in [0.15, 0.2) is 54.7 Å². The van der Waals surface area contributed by atoms with Gasteiger partial charge in [0.25, 0.3) is 5.91 Å². The largest absolute Gasteiger partial charge is 0.348 e. The van der Waals surface area contributed by atoms with Crippen molar-refractivity contribution in [2.24, 2.45) is 13.0 Å². The molecule has 2 amide bonds. The maximum absolute atomic E-state index is 13.3. The molecule has 1 saturated carbocycles. The SMILES string of the molecule is CN(C)C/C=C/C(=O)NC1CNCC(NC(=O)c2ccc3c(c2)nc(-c2cc4cccnc4n2CC2CC2)n3C)C1. The smallest absolute Gasteiger partial charge is 0.251 e. The topological polar surface area (TPSA) is 109 Å². The predicted molar refractivity (Wildman–Crippen MR) is 161 cm³/mol. The van der Waals surface area contributed by atoms with E-state index in [1.165, 1.54) is 12.8 Å². The van der Waals surface area contributed by atoms with Gasteiger partial charge in [-0.25, -0.2) is 9.97 Å². The molecular formula is C31H38N8O2. The van der Waals surface area contributed by atoms with Crippen LogP contribution in [0.5, 0.6) is 0 Å². The number of nitrogens with one attached hydrogen (secondary N) is 3. The fourth-order valence-electron chi connectivity index (χ4n) is 5.64. The number of likely N-dealkylation sites (N-methyl/N-ethyl adjacent to an activating group) is 1. The molecule has 6 rings (SSSR count). The molecule has 10 heteroatoms. The van der Waals surface area contributed by atoms with Crippen molar-refractivity contribution in [1.29, 1.82) is 0 Å². The molecule has 1 aliphatic carbocycles. The zero-order chi connectivity index (χ0) is 28.5. The number of benzene rings is 1. The number of aromatic nitrogens is 4. The van der Waals surface area contributed by atoms with Crippen LogP contribution in [0.4, 0.5) is 0 Å². The number of fused-ring (bicyclic) bond motifs is 2. The minimum atomic E-state index is -0.143. The fraction of sp³-hybridized carbons (Fsp3) is 0.419. The maximum atomic E-state index is 13.3. The Hall–Kier alpha value is -4.02. The standard InChI is InChI=1S/C31H38N8O2/c1-37(2)13-5-7-28(40)34-23-16-24(18-32-17-23)35-31(41)22-10-11-26-25(14-22)36-30(38(26)3)27-15-21-6-4-12-33-29(21)39(27)19-20-8-9-20/h4-7,10-12,14-15,20,23-24,32H,8-9,13,16-19H2,1-3H3,(H,34,40)(H,35,41)/b7-5+. The summed E-state index contributed by atoms with van der Waals surface area (Å²) in [5, 5.41) is 10.6. The van der Waals surface area contributed by atoms with E-state index in [0.717, 1.165) is 40.1 Å². The third-order valence-corrected chi connectivity index (χ3v) is 7.94. The van der Waals surface area contributed by atoms with E-state index >= 15 is 0 Å². The molecule has 10 nitrogen and oxygen atoms in total. The van der Waals surface area contributed by atoms with Crippen LogP contribution in [0.1, 0.15) is 29.6 Å². The highest BCUT2D eigenvalue weighted by Crippen LogP contribution is 2.35. The van der Waals surface area contributed by atoms with Crippen molar-refractivity contribution in [3.63, 3.8) is 0 Å². The first-order valence-electron chi connectivity index (χ1n) is 14.4. The number of imidazole rings is 1. The van der Waals surface area contributed by atoms with E-state index in [-0.39, 0.29) is 23.9 Å². The zero-order valence-corrected chi connectivity index (χ0v) is 23.9. The molecule has 3 N–H and O–H groups in total. The third kappa shape index (κ3) is 6.03. The van der Waals surface area contributed by atoms with Gasteiger partial charge in [-0.15, -0.1) is 0 Å². The Morgan fingerprint density at radius 1 is 1.12 bits per heavy atom. The summed E-state index contributed by atoms with van der Waals surface area (Å²) in [5.41, 5.74) is 4.36. The number of pyridine rings is 1. The minimum absolute atomic E-state index is 0.0525. The Morgan fingerprint density at radius 2 is 1.93 bits per heavy atom. The van der Waals surface area contributed by atoms with E-state index in [4.69, 9.17) is 4.98 Å². The van der Waals surface area contributed by atoms with E-state index in [0.29, 0.717) is 37.5 Å². The zero-order valence-electron chi connectivity index (χ0n) is 23.9. The lowest BCUT2D eigenvalue weighted by Crippen LogP contribution is -2.55. The number of aryl methyl sites for hydroxylation is 1. The Bertz CT molecular complexity index is 1610. The Morgan fingerprint density at radius 3 is 2.71 bits per heavy atom. The lowest BCUT2D eigenvalue weighted by atomic mass is 10.0. The van der Waals surface area contributed by atoms with Gasteiger partial charge in [0.05, 0.1) is 16.7 Å². The number of nitrogens with zero attached hydrogens (tertiary/aromatic N) is 5. The van der Waals surface area contributed by atoms with Gasteiger partial charge in [0.2, 0.25) is 5.91 Å². The van der Waals surface area contributed by atoms with Crippen LogP contribution < -0.4 is 16.0 Å². The van der Waals surface area contributed by atoms with E-state index in [9.17, 15) is 9.59 Å². The van der Waals surface area contributed by atoms with Crippen molar-refractivity contribution in [2.75, 3.05) is 33.7 Å². The highest BCUT2D eigenvalue weighted by atomic mass is 16.2. The molecule has 2 fully saturated rings. The average Bonchev–Trinajstić information content (AvgIpc) is 3.62. The van der Waals surface area contributed by atoms with Crippen molar-refractivity contribution in [3.05, 3.63) is 60.3 Å². The van der Waals surface area contributed by atoms with E-state index < -0.39 is 0 Å². The number of hydrogen-bond acceptors (Lipinski definition) is 6. The van der Waals surface area contributed by atoms with Crippen LogP contribution in [0.25, 0.3) is 33.6 Å². The molecule has 1 aromatic carbocycles. The lowest BCUT2D eigenvalue weighted by Gasteiger charge is -2.31. The van der Waals surface area contributed by atoms with E-state index in [2.05, 4.69) is 42.2 Å². The van der Waals surface area contributed by atoms with Gasteiger partial charge in [-0.05, 0) is 75.7 Å². The number of carbonyl (C=O) groups excluding carboxylic acids is 2. The van der Waals surface area contributed by atoms with Crippen molar-refractivity contribution < 1.29 is 9.59 Å². The van der Waals surface area contributed by atoms with Gasteiger partial charge in [-0.1, -0.05) is 6.08 Å². The molecule has 41 heavy (non-hydrogen) atoms. The van der Waals surface area contributed by atoms with Crippen molar-refractivity contribution in [3.8, 4) is 11.5 Å². The number of amides is 2. The second-order valence-corrected chi connectivity index (χ2v) is 11.6. The number of piperidine rings is 1. The summed E-state index contributed by atoms with van der Waals surface area (Å²) in [4.78, 5) is 37.2. The van der Waals surface area contributed by atoms with Gasteiger partial charge < -0.3 is 30.0 Å². The van der Waals surface area contributed by atoms with Crippen LogP contribution >= 0.6 is 0 Å². The minimum Gasteiger partial charge on any atom is -0.348 e. The predicted octanol–water partition coefficient (Wildman–Crippen LogP) is 2.69. The van der Waals surface area contributed by atoms with Crippen molar-refractivity contribution in [2.45, 2.75) is 37.9 Å². The van der Waals surface area contributed by atoms with Crippen LogP contribution in [-0.2, 0) is 18.4 Å². The first-order valence-corrected chi connectivity index (χ1v) is 14.4. The molecule has 0 radical (unpaired) electrons. The molecule has 2 unspecified atom stereocenters. The second kappa shape index (κ2) is 11.5. The first-order chi connectivity index (χ1) is 19.9.